The Labute approximate surface area is 113 Å². The van der Waals surface area contributed by atoms with E-state index in [9.17, 15) is 13.2 Å². The van der Waals surface area contributed by atoms with Crippen molar-refractivity contribution in [1.82, 2.24) is 5.32 Å². The first-order valence-electron chi connectivity index (χ1n) is 5.81. The fraction of sp³-hybridized carbons (Fsp3) is 0.417. The van der Waals surface area contributed by atoms with Crippen molar-refractivity contribution in [2.75, 3.05) is 13.2 Å². The number of carbonyl (C=O) groups is 1. The van der Waals surface area contributed by atoms with Gasteiger partial charge in [0.25, 0.3) is 5.91 Å². The van der Waals surface area contributed by atoms with Crippen molar-refractivity contribution in [2.24, 2.45) is 11.1 Å². The number of nitrogens with one attached hydrogen (secondary N) is 1. The second-order valence-electron chi connectivity index (χ2n) is 4.50. The largest absolute Gasteiger partial charge is 0.484 e. The van der Waals surface area contributed by atoms with Crippen LogP contribution in [0.4, 0.5) is 0 Å². The molecule has 19 heavy (non-hydrogen) atoms. The van der Waals surface area contributed by atoms with Crippen molar-refractivity contribution < 1.29 is 17.9 Å². The van der Waals surface area contributed by atoms with Crippen LogP contribution in [0.25, 0.3) is 0 Å². The molecule has 0 aromatic heterocycles. The summed E-state index contributed by atoms with van der Waals surface area (Å²) >= 11 is 0. The Bertz CT molecular complexity index is 523. The summed E-state index contributed by atoms with van der Waals surface area (Å²) in [5.74, 6) is 0.564. The number of sulfonamides is 1. The molecule has 0 unspecified atom stereocenters. The van der Waals surface area contributed by atoms with Crippen molar-refractivity contribution in [3.63, 3.8) is 0 Å². The first-order valence-corrected chi connectivity index (χ1v) is 7.36. The van der Waals surface area contributed by atoms with Gasteiger partial charge in [-0.2, -0.15) is 0 Å². The maximum atomic E-state index is 11.4. The molecule has 0 spiro atoms. The van der Waals surface area contributed by atoms with Gasteiger partial charge in [0.1, 0.15) is 5.75 Å². The van der Waals surface area contributed by atoms with Gasteiger partial charge in [-0.25, -0.2) is 13.6 Å². The molecular weight excluding hydrogens is 268 g/mol. The highest BCUT2D eigenvalue weighted by atomic mass is 32.2. The zero-order chi connectivity index (χ0) is 14.5. The lowest BCUT2D eigenvalue weighted by Crippen LogP contribution is -2.31. The number of ether oxygens (including phenoxy) is 1. The van der Waals surface area contributed by atoms with E-state index in [1.54, 1.807) is 0 Å². The summed E-state index contributed by atoms with van der Waals surface area (Å²) < 4.78 is 27.3. The fourth-order valence-electron chi connectivity index (χ4n) is 1.24. The second kappa shape index (κ2) is 6.53. The smallest absolute Gasteiger partial charge is 0.257 e. The van der Waals surface area contributed by atoms with Crippen LogP contribution >= 0.6 is 0 Å². The zero-order valence-electron chi connectivity index (χ0n) is 10.9. The molecule has 0 heterocycles. The van der Waals surface area contributed by atoms with E-state index in [1.807, 2.05) is 13.8 Å². The van der Waals surface area contributed by atoms with Gasteiger partial charge in [0.15, 0.2) is 6.61 Å². The van der Waals surface area contributed by atoms with E-state index in [-0.39, 0.29) is 17.4 Å². The van der Waals surface area contributed by atoms with Gasteiger partial charge in [-0.3, -0.25) is 4.79 Å². The molecule has 6 nitrogen and oxygen atoms in total. The molecule has 0 atom stereocenters. The molecule has 0 aliphatic heterocycles. The van der Waals surface area contributed by atoms with E-state index in [4.69, 9.17) is 9.88 Å². The molecule has 0 saturated carbocycles. The number of rotatable bonds is 6. The molecule has 0 aliphatic rings. The minimum Gasteiger partial charge on any atom is -0.484 e. The van der Waals surface area contributed by atoms with E-state index < -0.39 is 10.0 Å². The van der Waals surface area contributed by atoms with Crippen molar-refractivity contribution in [3.05, 3.63) is 24.3 Å². The van der Waals surface area contributed by atoms with E-state index in [1.165, 1.54) is 24.3 Å². The van der Waals surface area contributed by atoms with Crippen molar-refractivity contribution in [3.8, 4) is 5.75 Å². The molecule has 1 aromatic carbocycles. The van der Waals surface area contributed by atoms with Gasteiger partial charge in [-0.05, 0) is 30.2 Å². The molecule has 0 fully saturated rings. The van der Waals surface area contributed by atoms with Gasteiger partial charge >= 0.3 is 0 Å². The highest BCUT2D eigenvalue weighted by Gasteiger charge is 2.08. The average molecular weight is 286 g/mol. The number of hydrogen-bond donors (Lipinski definition) is 2. The summed E-state index contributed by atoms with van der Waals surface area (Å²) in [7, 11) is -3.70. The van der Waals surface area contributed by atoms with E-state index in [0.717, 1.165) is 0 Å². The summed E-state index contributed by atoms with van der Waals surface area (Å²) in [5.41, 5.74) is 0. The van der Waals surface area contributed by atoms with Crippen LogP contribution in [0.2, 0.25) is 0 Å². The third-order valence-electron chi connectivity index (χ3n) is 2.23. The van der Waals surface area contributed by atoms with E-state index >= 15 is 0 Å². The van der Waals surface area contributed by atoms with Crippen LogP contribution in [0.3, 0.4) is 0 Å². The van der Waals surface area contributed by atoms with Crippen LogP contribution in [0.1, 0.15) is 13.8 Å². The molecule has 0 radical (unpaired) electrons. The Morgan fingerprint density at radius 1 is 1.32 bits per heavy atom. The average Bonchev–Trinajstić information content (AvgIpc) is 2.33. The quantitative estimate of drug-likeness (QED) is 0.794. The van der Waals surface area contributed by atoms with Gasteiger partial charge in [0.2, 0.25) is 10.0 Å². The predicted molar refractivity (Wildman–Crippen MR) is 71.2 cm³/mol. The van der Waals surface area contributed by atoms with Crippen LogP contribution in [0, 0.1) is 5.92 Å². The molecule has 3 N–H and O–H groups in total. The number of nitrogens with two attached hydrogens (primary N) is 1. The van der Waals surface area contributed by atoms with Crippen LogP contribution in [0.15, 0.2) is 29.2 Å². The van der Waals surface area contributed by atoms with Crippen molar-refractivity contribution >= 4 is 15.9 Å². The number of amides is 1. The summed E-state index contributed by atoms with van der Waals surface area (Å²) in [6.45, 7) is 4.47. The summed E-state index contributed by atoms with van der Waals surface area (Å²) in [4.78, 5) is 11.4. The van der Waals surface area contributed by atoms with E-state index in [0.29, 0.717) is 18.2 Å². The maximum absolute atomic E-state index is 11.4. The third-order valence-corrected chi connectivity index (χ3v) is 3.16. The zero-order valence-corrected chi connectivity index (χ0v) is 11.7. The van der Waals surface area contributed by atoms with Gasteiger partial charge in [-0.1, -0.05) is 13.8 Å². The van der Waals surface area contributed by atoms with Crippen LogP contribution < -0.4 is 15.2 Å². The lowest BCUT2D eigenvalue weighted by atomic mass is 10.2. The highest BCUT2D eigenvalue weighted by molar-refractivity contribution is 7.89. The van der Waals surface area contributed by atoms with Crippen LogP contribution in [-0.4, -0.2) is 27.5 Å². The highest BCUT2D eigenvalue weighted by Crippen LogP contribution is 2.14. The molecule has 0 saturated heterocycles. The number of carbonyl (C=O) groups excluding carboxylic acids is 1. The second-order valence-corrected chi connectivity index (χ2v) is 6.06. The van der Waals surface area contributed by atoms with Crippen molar-refractivity contribution in [2.45, 2.75) is 18.7 Å². The van der Waals surface area contributed by atoms with E-state index in [2.05, 4.69) is 5.32 Å². The molecule has 1 rings (SSSR count). The molecule has 0 aliphatic carbocycles. The predicted octanol–water partition coefficient (Wildman–Crippen LogP) is 0.485. The van der Waals surface area contributed by atoms with Gasteiger partial charge in [-0.15, -0.1) is 0 Å². The van der Waals surface area contributed by atoms with Gasteiger partial charge < -0.3 is 10.1 Å². The standard InChI is InChI=1S/C12H18N2O4S/c1-9(2)7-14-12(15)8-18-10-3-5-11(6-4-10)19(13,16)17/h3-6,9H,7-8H2,1-2H3,(H,14,15)(H2,13,16,17). The first kappa shape index (κ1) is 15.5. The molecule has 1 aromatic rings. The Balaban J connectivity index is 2.48. The lowest BCUT2D eigenvalue weighted by molar-refractivity contribution is -0.123. The Kier molecular flexibility index (Phi) is 5.31. The summed E-state index contributed by atoms with van der Waals surface area (Å²) in [6, 6.07) is 5.57. The Morgan fingerprint density at radius 3 is 2.37 bits per heavy atom. The van der Waals surface area contributed by atoms with Gasteiger partial charge in [0, 0.05) is 6.54 Å². The summed E-state index contributed by atoms with van der Waals surface area (Å²) in [6.07, 6.45) is 0. The Morgan fingerprint density at radius 2 is 1.89 bits per heavy atom. The topological polar surface area (TPSA) is 98.5 Å². The Hall–Kier alpha value is -1.60. The molecule has 1 amide bonds. The SMILES string of the molecule is CC(C)CNC(=O)COc1ccc(S(N)(=O)=O)cc1. The molecule has 7 heteroatoms. The monoisotopic (exact) mass is 286 g/mol. The number of primary sulfonamides is 1. The number of hydrogen-bond acceptors (Lipinski definition) is 4. The van der Waals surface area contributed by atoms with Crippen LogP contribution in [0.5, 0.6) is 5.75 Å². The molecular formula is C12H18N2O4S. The fourth-order valence-corrected chi connectivity index (χ4v) is 1.76. The first-order chi connectivity index (χ1) is 8.79. The number of benzene rings is 1. The maximum Gasteiger partial charge on any atom is 0.257 e. The molecule has 0 bridgehead atoms. The van der Waals surface area contributed by atoms with Crippen LogP contribution in [-0.2, 0) is 14.8 Å². The normalized spacial score (nSPS) is 11.4. The van der Waals surface area contributed by atoms with Gasteiger partial charge in [0.05, 0.1) is 4.90 Å². The minimum absolute atomic E-state index is 0.00380. The van der Waals surface area contributed by atoms with Crippen molar-refractivity contribution in [1.29, 1.82) is 0 Å². The summed E-state index contributed by atoms with van der Waals surface area (Å²) in [5, 5.41) is 7.67. The third kappa shape index (κ3) is 5.71. The molecule has 106 valence electrons. The lowest BCUT2D eigenvalue weighted by Gasteiger charge is -2.09. The minimum atomic E-state index is -3.70.